The molecular formula is C21H22FN3O3. The normalized spacial score (nSPS) is 18.4. The molecule has 0 unspecified atom stereocenters. The summed E-state index contributed by atoms with van der Waals surface area (Å²) in [5.41, 5.74) is 2.82. The predicted molar refractivity (Wildman–Crippen MR) is 102 cm³/mol. The van der Waals surface area contributed by atoms with Crippen molar-refractivity contribution in [2.45, 2.75) is 19.4 Å². The zero-order valence-electron chi connectivity index (χ0n) is 15.5. The highest BCUT2D eigenvalue weighted by molar-refractivity contribution is 5.57. The zero-order valence-corrected chi connectivity index (χ0v) is 15.5. The maximum atomic E-state index is 13.6. The summed E-state index contributed by atoms with van der Waals surface area (Å²) in [4.78, 5) is 17.0. The van der Waals surface area contributed by atoms with E-state index in [0.29, 0.717) is 18.1 Å². The van der Waals surface area contributed by atoms with Crippen LogP contribution >= 0.6 is 0 Å². The first-order valence-electron chi connectivity index (χ1n) is 8.98. The smallest absolute Gasteiger partial charge is 0.290 e. The summed E-state index contributed by atoms with van der Waals surface area (Å²) >= 11 is 0. The maximum Gasteiger partial charge on any atom is 0.290 e. The highest BCUT2D eigenvalue weighted by Gasteiger charge is 2.31. The molecular weight excluding hydrogens is 361 g/mol. The van der Waals surface area contributed by atoms with Crippen LogP contribution in [-0.2, 0) is 16.0 Å². The van der Waals surface area contributed by atoms with E-state index in [-0.39, 0.29) is 18.3 Å². The molecule has 0 radical (unpaired) electrons. The number of hydrogen-bond acceptors (Lipinski definition) is 4. The third kappa shape index (κ3) is 4.43. The monoisotopic (exact) mass is 383 g/mol. The summed E-state index contributed by atoms with van der Waals surface area (Å²) in [6, 6.07) is 9.46. The Morgan fingerprint density at radius 3 is 2.71 bits per heavy atom. The van der Waals surface area contributed by atoms with Crippen LogP contribution in [0.4, 0.5) is 4.39 Å². The molecule has 3 aromatic rings. The molecule has 28 heavy (non-hydrogen) atoms. The van der Waals surface area contributed by atoms with E-state index in [9.17, 15) is 4.39 Å². The zero-order chi connectivity index (χ0) is 19.9. The number of halogens is 1. The number of imidazole rings is 1. The van der Waals surface area contributed by atoms with Crippen molar-refractivity contribution in [3.63, 3.8) is 0 Å². The van der Waals surface area contributed by atoms with Crippen LogP contribution < -0.4 is 0 Å². The Balaban J connectivity index is 0.000000706. The summed E-state index contributed by atoms with van der Waals surface area (Å²) < 4.78 is 21.5. The van der Waals surface area contributed by atoms with Crippen molar-refractivity contribution in [2.24, 2.45) is 5.92 Å². The Labute approximate surface area is 162 Å². The lowest BCUT2D eigenvalue weighted by Crippen LogP contribution is -2.20. The predicted octanol–water partition coefficient (Wildman–Crippen LogP) is 3.52. The molecule has 0 saturated carbocycles. The molecule has 4 rings (SSSR count). The Kier molecular flexibility index (Phi) is 6.49. The van der Waals surface area contributed by atoms with Crippen molar-refractivity contribution in [1.29, 1.82) is 0 Å². The summed E-state index contributed by atoms with van der Waals surface area (Å²) in [5.74, 6) is 1.04. The lowest BCUT2D eigenvalue weighted by atomic mass is 9.95. The highest BCUT2D eigenvalue weighted by atomic mass is 19.1. The number of carbonyl (C=O) groups is 1. The van der Waals surface area contributed by atoms with Crippen LogP contribution in [0, 0.1) is 18.7 Å². The van der Waals surface area contributed by atoms with E-state index in [1.807, 2.05) is 36.8 Å². The van der Waals surface area contributed by atoms with Crippen molar-refractivity contribution < 1.29 is 19.0 Å². The van der Waals surface area contributed by atoms with Crippen molar-refractivity contribution in [3.8, 4) is 11.4 Å². The molecule has 2 aromatic heterocycles. The SMILES string of the molecule is Cc1cc(-c2nccn2[C@@H]2COC[C@@H]2Cc2ccncc2)ccc1F.O=CO. The van der Waals surface area contributed by atoms with E-state index in [2.05, 4.69) is 14.5 Å². The fourth-order valence-corrected chi connectivity index (χ4v) is 3.50. The molecule has 1 aliphatic heterocycles. The van der Waals surface area contributed by atoms with Gasteiger partial charge >= 0.3 is 0 Å². The van der Waals surface area contributed by atoms with Gasteiger partial charge in [-0.15, -0.1) is 0 Å². The number of pyridine rings is 1. The molecule has 0 amide bonds. The molecule has 3 heterocycles. The van der Waals surface area contributed by atoms with E-state index in [1.54, 1.807) is 19.2 Å². The molecule has 1 saturated heterocycles. The lowest BCUT2D eigenvalue weighted by molar-refractivity contribution is -0.122. The van der Waals surface area contributed by atoms with E-state index in [0.717, 1.165) is 24.4 Å². The Morgan fingerprint density at radius 1 is 1.25 bits per heavy atom. The van der Waals surface area contributed by atoms with Gasteiger partial charge in [0.1, 0.15) is 11.6 Å². The first kappa shape index (κ1) is 19.7. The van der Waals surface area contributed by atoms with Crippen molar-refractivity contribution >= 4 is 6.47 Å². The summed E-state index contributed by atoms with van der Waals surface area (Å²) in [6.07, 6.45) is 8.38. The van der Waals surface area contributed by atoms with Crippen LogP contribution in [0.2, 0.25) is 0 Å². The molecule has 0 aliphatic carbocycles. The number of carboxylic acid groups (broad SMARTS) is 1. The van der Waals surface area contributed by atoms with Gasteiger partial charge in [-0.05, 0) is 54.8 Å². The molecule has 146 valence electrons. The second-order valence-corrected chi connectivity index (χ2v) is 6.65. The number of rotatable bonds is 4. The Morgan fingerprint density at radius 2 is 2.00 bits per heavy atom. The van der Waals surface area contributed by atoms with Gasteiger partial charge in [0.05, 0.1) is 19.3 Å². The number of aryl methyl sites for hydroxylation is 1. The topological polar surface area (TPSA) is 77.2 Å². The fourth-order valence-electron chi connectivity index (χ4n) is 3.50. The molecule has 6 nitrogen and oxygen atoms in total. The molecule has 0 spiro atoms. The van der Waals surface area contributed by atoms with Crippen LogP contribution in [0.1, 0.15) is 17.2 Å². The van der Waals surface area contributed by atoms with Gasteiger partial charge in [-0.25, -0.2) is 9.37 Å². The van der Waals surface area contributed by atoms with Gasteiger partial charge in [0.15, 0.2) is 0 Å². The molecule has 1 aliphatic rings. The number of hydrogen-bond donors (Lipinski definition) is 1. The standard InChI is InChI=1S/C20H20FN3O.CH2O2/c1-14-10-16(2-3-18(14)21)20-23-8-9-24(20)19-13-25-12-17(19)11-15-4-6-22-7-5-15;2-1-3/h2-10,17,19H,11-13H2,1H3;1H,(H,2,3)/t17-,19+;/m0./s1. The highest BCUT2D eigenvalue weighted by Crippen LogP contribution is 2.32. The molecule has 0 bridgehead atoms. The van der Waals surface area contributed by atoms with E-state index >= 15 is 0 Å². The second-order valence-electron chi connectivity index (χ2n) is 6.65. The molecule has 2 atom stereocenters. The second kappa shape index (κ2) is 9.23. The van der Waals surface area contributed by atoms with Crippen LogP contribution in [0.25, 0.3) is 11.4 Å². The van der Waals surface area contributed by atoms with Crippen LogP contribution in [0.5, 0.6) is 0 Å². The van der Waals surface area contributed by atoms with Crippen molar-refractivity contribution in [2.75, 3.05) is 13.2 Å². The summed E-state index contributed by atoms with van der Waals surface area (Å²) in [5, 5.41) is 6.89. The first-order valence-corrected chi connectivity index (χ1v) is 8.98. The molecule has 1 aromatic carbocycles. The average molecular weight is 383 g/mol. The molecule has 1 fully saturated rings. The van der Waals surface area contributed by atoms with Gasteiger partial charge in [0, 0.05) is 36.3 Å². The Hall–Kier alpha value is -3.06. The number of aromatic nitrogens is 3. The summed E-state index contributed by atoms with van der Waals surface area (Å²) in [6.45, 7) is 2.92. The molecule has 1 N–H and O–H groups in total. The quantitative estimate of drug-likeness (QED) is 0.698. The Bertz CT molecular complexity index is 914. The van der Waals surface area contributed by atoms with Crippen LogP contribution in [-0.4, -0.2) is 39.3 Å². The average Bonchev–Trinajstić information content (AvgIpc) is 3.34. The van der Waals surface area contributed by atoms with Crippen LogP contribution in [0.3, 0.4) is 0 Å². The largest absolute Gasteiger partial charge is 0.483 e. The van der Waals surface area contributed by atoms with E-state index in [4.69, 9.17) is 14.6 Å². The van der Waals surface area contributed by atoms with Gasteiger partial charge in [-0.2, -0.15) is 0 Å². The van der Waals surface area contributed by atoms with E-state index < -0.39 is 0 Å². The van der Waals surface area contributed by atoms with Gasteiger partial charge in [0.25, 0.3) is 6.47 Å². The minimum Gasteiger partial charge on any atom is -0.483 e. The van der Waals surface area contributed by atoms with E-state index in [1.165, 1.54) is 11.6 Å². The van der Waals surface area contributed by atoms with Crippen LogP contribution in [0.15, 0.2) is 55.1 Å². The van der Waals surface area contributed by atoms with Gasteiger partial charge in [0.2, 0.25) is 0 Å². The third-order valence-electron chi connectivity index (χ3n) is 4.85. The third-order valence-corrected chi connectivity index (χ3v) is 4.85. The van der Waals surface area contributed by atoms with Crippen molar-refractivity contribution in [3.05, 3.63) is 72.1 Å². The van der Waals surface area contributed by atoms with Crippen molar-refractivity contribution in [1.82, 2.24) is 14.5 Å². The summed E-state index contributed by atoms with van der Waals surface area (Å²) in [7, 11) is 0. The van der Waals surface area contributed by atoms with Gasteiger partial charge in [-0.3, -0.25) is 9.78 Å². The van der Waals surface area contributed by atoms with Gasteiger partial charge < -0.3 is 14.4 Å². The number of nitrogens with zero attached hydrogens (tertiary/aromatic N) is 3. The minimum atomic E-state index is -0.250. The lowest BCUT2D eigenvalue weighted by Gasteiger charge is -2.21. The number of ether oxygens (including phenoxy) is 1. The minimum absolute atomic E-state index is 0.193. The first-order chi connectivity index (χ1) is 13.6. The van der Waals surface area contributed by atoms with Gasteiger partial charge in [-0.1, -0.05) is 0 Å². The molecule has 7 heteroatoms. The number of benzene rings is 1. The maximum absolute atomic E-state index is 13.6. The fraction of sp³-hybridized carbons (Fsp3) is 0.286.